The molecule has 0 spiro atoms. The molecule has 2 atom stereocenters. The second kappa shape index (κ2) is 3.35. The quantitative estimate of drug-likeness (QED) is 0.521. The number of hydrogen-bond donors (Lipinski definition) is 0. The Morgan fingerprint density at radius 2 is 1.87 bits per heavy atom. The minimum absolute atomic E-state index is 0.548. The van der Waals surface area contributed by atoms with Crippen LogP contribution in [0.3, 0.4) is 0 Å². The average molecular weight is 269 g/mol. The van der Waals surface area contributed by atoms with Crippen LogP contribution in [-0.4, -0.2) is 5.33 Å². The van der Waals surface area contributed by atoms with E-state index in [0.29, 0.717) is 10.8 Å². The van der Waals surface area contributed by atoms with E-state index in [1.807, 2.05) is 0 Å². The van der Waals surface area contributed by atoms with Crippen molar-refractivity contribution in [2.75, 3.05) is 5.33 Å². The molecule has 0 radical (unpaired) electrons. The second-order valence-electron chi connectivity index (χ2n) is 6.47. The number of rotatable bonds is 3. The Bertz CT molecular complexity index is 267. The van der Waals surface area contributed by atoms with E-state index in [0.717, 1.165) is 11.8 Å². The number of halogens is 1. The summed E-state index contributed by atoms with van der Waals surface area (Å²) in [4.78, 5) is 0. The topological polar surface area (TPSA) is 0 Å². The SMILES string of the molecule is C=CC12CC3CC(C1)CC(CCBr)(C3)C2. The van der Waals surface area contributed by atoms with Gasteiger partial charge in [-0.3, -0.25) is 0 Å². The maximum Gasteiger partial charge on any atom is 0.00365 e. The summed E-state index contributed by atoms with van der Waals surface area (Å²) in [7, 11) is 0. The summed E-state index contributed by atoms with van der Waals surface area (Å²) in [5.41, 5.74) is 1.24. The summed E-state index contributed by atoms with van der Waals surface area (Å²) < 4.78 is 0. The molecule has 4 aliphatic carbocycles. The Kier molecular flexibility index (Phi) is 2.32. The molecule has 0 N–H and O–H groups in total. The van der Waals surface area contributed by atoms with E-state index in [4.69, 9.17) is 0 Å². The molecule has 0 aliphatic heterocycles. The molecule has 0 nitrogen and oxygen atoms in total. The molecule has 4 rings (SSSR count). The van der Waals surface area contributed by atoms with Crippen LogP contribution in [-0.2, 0) is 0 Å². The minimum Gasteiger partial charge on any atom is -0.103 e. The number of allylic oxidation sites excluding steroid dienone is 1. The highest BCUT2D eigenvalue weighted by Gasteiger charge is 2.55. The minimum atomic E-state index is 0.548. The van der Waals surface area contributed by atoms with E-state index in [-0.39, 0.29) is 0 Å². The van der Waals surface area contributed by atoms with Crippen LogP contribution in [0.2, 0.25) is 0 Å². The van der Waals surface area contributed by atoms with Crippen molar-refractivity contribution in [3.63, 3.8) is 0 Å². The lowest BCUT2D eigenvalue weighted by atomic mass is 9.44. The van der Waals surface area contributed by atoms with Crippen molar-refractivity contribution in [1.29, 1.82) is 0 Å². The first-order valence-electron chi connectivity index (χ1n) is 6.39. The molecule has 0 saturated heterocycles. The predicted octanol–water partition coefficient (Wildman–Crippen LogP) is 4.54. The van der Waals surface area contributed by atoms with Crippen LogP contribution in [0.5, 0.6) is 0 Å². The van der Waals surface area contributed by atoms with Crippen molar-refractivity contribution < 1.29 is 0 Å². The number of hydrogen-bond acceptors (Lipinski definition) is 0. The third kappa shape index (κ3) is 1.53. The molecule has 0 amide bonds. The van der Waals surface area contributed by atoms with Gasteiger partial charge in [-0.25, -0.2) is 0 Å². The van der Waals surface area contributed by atoms with Crippen molar-refractivity contribution >= 4 is 15.9 Å². The first-order valence-corrected chi connectivity index (χ1v) is 7.51. The molecule has 4 fully saturated rings. The van der Waals surface area contributed by atoms with Gasteiger partial charge in [-0.2, -0.15) is 0 Å². The van der Waals surface area contributed by atoms with Crippen LogP contribution in [0.1, 0.15) is 44.9 Å². The molecule has 15 heavy (non-hydrogen) atoms. The first-order chi connectivity index (χ1) is 7.19. The van der Waals surface area contributed by atoms with E-state index in [9.17, 15) is 0 Å². The van der Waals surface area contributed by atoms with Gasteiger partial charge in [-0.05, 0) is 67.6 Å². The third-order valence-electron chi connectivity index (χ3n) is 5.29. The molecule has 0 aromatic carbocycles. The van der Waals surface area contributed by atoms with Crippen molar-refractivity contribution in [1.82, 2.24) is 0 Å². The average Bonchev–Trinajstić information content (AvgIpc) is 2.15. The maximum absolute atomic E-state index is 4.13. The Morgan fingerprint density at radius 1 is 1.20 bits per heavy atom. The van der Waals surface area contributed by atoms with Crippen molar-refractivity contribution in [2.45, 2.75) is 44.9 Å². The first kappa shape index (κ1) is 10.4. The second-order valence-corrected chi connectivity index (χ2v) is 7.26. The molecule has 0 aromatic heterocycles. The van der Waals surface area contributed by atoms with Gasteiger partial charge in [0.1, 0.15) is 0 Å². The zero-order chi connectivity index (χ0) is 10.5. The Hall–Kier alpha value is 0.220. The molecule has 84 valence electrons. The van der Waals surface area contributed by atoms with Gasteiger partial charge < -0.3 is 0 Å². The summed E-state index contributed by atoms with van der Waals surface area (Å²) in [5, 5.41) is 1.19. The monoisotopic (exact) mass is 268 g/mol. The van der Waals surface area contributed by atoms with Gasteiger partial charge in [0.25, 0.3) is 0 Å². The lowest BCUT2D eigenvalue weighted by molar-refractivity contribution is -0.0882. The van der Waals surface area contributed by atoms with Crippen LogP contribution < -0.4 is 0 Å². The van der Waals surface area contributed by atoms with Crippen LogP contribution in [0, 0.1) is 22.7 Å². The van der Waals surface area contributed by atoms with Crippen LogP contribution in [0.15, 0.2) is 12.7 Å². The molecular formula is C14H21Br. The molecule has 4 saturated carbocycles. The summed E-state index contributed by atoms with van der Waals surface area (Å²) in [6.45, 7) is 4.13. The van der Waals surface area contributed by atoms with Gasteiger partial charge in [-0.15, -0.1) is 6.58 Å². The Morgan fingerprint density at radius 3 is 2.40 bits per heavy atom. The van der Waals surface area contributed by atoms with Gasteiger partial charge >= 0.3 is 0 Å². The lowest BCUT2D eigenvalue weighted by Crippen LogP contribution is -2.51. The molecule has 1 heteroatoms. The Labute approximate surface area is 102 Å². The van der Waals surface area contributed by atoms with Gasteiger partial charge in [-0.1, -0.05) is 22.0 Å². The number of alkyl halides is 1. The highest BCUT2D eigenvalue weighted by Crippen LogP contribution is 2.66. The van der Waals surface area contributed by atoms with Crippen molar-refractivity contribution in [3.8, 4) is 0 Å². The Balaban J connectivity index is 1.91. The molecular weight excluding hydrogens is 248 g/mol. The van der Waals surface area contributed by atoms with E-state index in [1.165, 1.54) is 50.3 Å². The summed E-state index contributed by atoms with van der Waals surface area (Å²) >= 11 is 3.65. The van der Waals surface area contributed by atoms with Gasteiger partial charge in [0, 0.05) is 5.33 Å². The van der Waals surface area contributed by atoms with E-state index in [2.05, 4.69) is 28.6 Å². The molecule has 4 aliphatic rings. The fourth-order valence-corrected chi connectivity index (χ4v) is 6.10. The van der Waals surface area contributed by atoms with E-state index >= 15 is 0 Å². The summed E-state index contributed by atoms with van der Waals surface area (Å²) in [6, 6.07) is 0. The fourth-order valence-electron chi connectivity index (χ4n) is 5.26. The lowest BCUT2D eigenvalue weighted by Gasteiger charge is -2.61. The highest BCUT2D eigenvalue weighted by molar-refractivity contribution is 9.09. The van der Waals surface area contributed by atoms with Gasteiger partial charge in [0.2, 0.25) is 0 Å². The fraction of sp³-hybridized carbons (Fsp3) is 0.857. The van der Waals surface area contributed by atoms with E-state index < -0.39 is 0 Å². The molecule has 2 unspecified atom stereocenters. The molecule has 0 aromatic rings. The summed E-state index contributed by atoms with van der Waals surface area (Å²) in [6.07, 6.45) is 12.6. The molecule has 0 heterocycles. The third-order valence-corrected chi connectivity index (χ3v) is 5.68. The maximum atomic E-state index is 4.13. The van der Waals surface area contributed by atoms with Crippen molar-refractivity contribution in [3.05, 3.63) is 12.7 Å². The summed E-state index contributed by atoms with van der Waals surface area (Å²) in [5.74, 6) is 2.06. The smallest absolute Gasteiger partial charge is 0.00365 e. The highest BCUT2D eigenvalue weighted by atomic mass is 79.9. The standard InChI is InChI=1S/C14H21Br/c1-2-13-6-11-5-12(7-13)9-14(8-11,10-13)3-4-15/h2,11-12H,1,3-10H2. The molecule has 4 bridgehead atoms. The van der Waals surface area contributed by atoms with Gasteiger partial charge in [0.15, 0.2) is 0 Å². The van der Waals surface area contributed by atoms with Crippen LogP contribution in [0.4, 0.5) is 0 Å². The predicted molar refractivity (Wildman–Crippen MR) is 68.2 cm³/mol. The van der Waals surface area contributed by atoms with E-state index in [1.54, 1.807) is 0 Å². The van der Waals surface area contributed by atoms with Gasteiger partial charge in [0.05, 0.1) is 0 Å². The largest absolute Gasteiger partial charge is 0.103 e. The normalized spacial score (nSPS) is 52.1. The van der Waals surface area contributed by atoms with Crippen LogP contribution >= 0.6 is 15.9 Å². The zero-order valence-electron chi connectivity index (χ0n) is 9.47. The zero-order valence-corrected chi connectivity index (χ0v) is 11.1. The van der Waals surface area contributed by atoms with Crippen LogP contribution in [0.25, 0.3) is 0 Å². The van der Waals surface area contributed by atoms with Crippen molar-refractivity contribution in [2.24, 2.45) is 22.7 Å².